The average molecular weight is 472 g/mol. The smallest absolute Gasteiger partial charge is 0.294 e. The van der Waals surface area contributed by atoms with Crippen LogP contribution >= 0.6 is 23.4 Å². The Labute approximate surface area is 197 Å². The third kappa shape index (κ3) is 4.24. The van der Waals surface area contributed by atoms with Gasteiger partial charge in [-0.15, -0.1) is 0 Å². The van der Waals surface area contributed by atoms with Gasteiger partial charge in [-0.25, -0.2) is 0 Å². The Hall–Kier alpha value is -2.51. The van der Waals surface area contributed by atoms with E-state index in [9.17, 15) is 14.4 Å². The van der Waals surface area contributed by atoms with Crippen LogP contribution in [-0.2, 0) is 9.59 Å². The molecule has 2 aromatic rings. The molecule has 2 aliphatic heterocycles. The first-order valence-electron chi connectivity index (χ1n) is 10.8. The van der Waals surface area contributed by atoms with Crippen LogP contribution in [0.1, 0.15) is 41.8 Å². The summed E-state index contributed by atoms with van der Waals surface area (Å²) >= 11 is 7.20. The monoisotopic (exact) mass is 471 g/mol. The Morgan fingerprint density at radius 2 is 1.84 bits per heavy atom. The highest BCUT2D eigenvalue weighted by Crippen LogP contribution is 2.34. The molecule has 2 fully saturated rings. The summed E-state index contributed by atoms with van der Waals surface area (Å²) in [6.45, 7) is 7.14. The highest BCUT2D eigenvalue weighted by Gasteiger charge is 2.37. The van der Waals surface area contributed by atoms with Gasteiger partial charge in [0.25, 0.3) is 11.1 Å². The maximum Gasteiger partial charge on any atom is 0.294 e. The zero-order valence-corrected chi connectivity index (χ0v) is 20.1. The largest absolute Gasteiger partial charge is 0.341 e. The molecule has 0 N–H and O–H groups in total. The molecule has 3 amide bonds. The summed E-state index contributed by atoms with van der Waals surface area (Å²) in [4.78, 5) is 41.1. The van der Waals surface area contributed by atoms with Crippen molar-refractivity contribution in [3.05, 3.63) is 56.7 Å². The lowest BCUT2D eigenvalue weighted by Gasteiger charge is -2.27. The summed E-state index contributed by atoms with van der Waals surface area (Å²) in [7, 11) is 0. The van der Waals surface area contributed by atoms with Crippen LogP contribution in [0.25, 0.3) is 11.8 Å². The van der Waals surface area contributed by atoms with Gasteiger partial charge < -0.3 is 9.47 Å². The van der Waals surface area contributed by atoms with Gasteiger partial charge in [-0.1, -0.05) is 17.7 Å². The van der Waals surface area contributed by atoms with Gasteiger partial charge in [0.2, 0.25) is 5.91 Å². The molecule has 2 aliphatic rings. The van der Waals surface area contributed by atoms with Crippen LogP contribution in [0.3, 0.4) is 0 Å². The molecule has 0 spiro atoms. The molecule has 2 saturated heterocycles. The number of thioether (sulfide) groups is 1. The first-order chi connectivity index (χ1) is 15.3. The van der Waals surface area contributed by atoms with Crippen LogP contribution in [0, 0.1) is 20.8 Å². The summed E-state index contributed by atoms with van der Waals surface area (Å²) in [5.74, 6) is -0.572. The Morgan fingerprint density at radius 1 is 1.12 bits per heavy atom. The van der Waals surface area contributed by atoms with Gasteiger partial charge in [0.15, 0.2) is 0 Å². The molecule has 0 bridgehead atoms. The fraction of sp³-hybridized carbons (Fsp3) is 0.375. The Kier molecular flexibility index (Phi) is 6.49. The molecule has 4 rings (SSSR count). The summed E-state index contributed by atoms with van der Waals surface area (Å²) in [6, 6.07) is 7.76. The maximum atomic E-state index is 12.9. The number of imide groups is 1. The van der Waals surface area contributed by atoms with Crippen molar-refractivity contribution in [1.82, 2.24) is 14.4 Å². The van der Waals surface area contributed by atoms with E-state index in [0.717, 1.165) is 64.1 Å². The molecule has 0 atom stereocenters. The number of hydrogen-bond acceptors (Lipinski definition) is 4. The molecule has 0 radical (unpaired) electrons. The number of rotatable bonds is 4. The molecule has 0 aliphatic carbocycles. The molecule has 1 aromatic heterocycles. The number of aromatic nitrogens is 1. The second kappa shape index (κ2) is 9.16. The van der Waals surface area contributed by atoms with Gasteiger partial charge >= 0.3 is 0 Å². The van der Waals surface area contributed by atoms with Crippen molar-refractivity contribution in [3.8, 4) is 5.69 Å². The van der Waals surface area contributed by atoms with Crippen molar-refractivity contribution in [2.24, 2.45) is 0 Å². The zero-order valence-electron chi connectivity index (χ0n) is 18.5. The average Bonchev–Trinajstić information content (AvgIpc) is 3.20. The quantitative estimate of drug-likeness (QED) is 0.581. The lowest BCUT2D eigenvalue weighted by molar-refractivity contribution is -0.136. The van der Waals surface area contributed by atoms with Crippen molar-refractivity contribution >= 4 is 46.5 Å². The van der Waals surface area contributed by atoms with Gasteiger partial charge in [0, 0.05) is 35.2 Å². The molecule has 8 heteroatoms. The fourth-order valence-corrected chi connectivity index (χ4v) is 5.30. The number of carbonyl (C=O) groups is 3. The van der Waals surface area contributed by atoms with E-state index in [2.05, 4.69) is 4.57 Å². The Bertz CT molecular complexity index is 1130. The van der Waals surface area contributed by atoms with E-state index in [1.165, 1.54) is 0 Å². The standard InChI is InChI=1S/C24H26ClN3O3S/c1-15-12-18(17(3)28(15)20-9-7-8-19(25)16(20)2)13-21-23(30)27(24(31)32-21)14-22(29)26-10-5-4-6-11-26/h7-9,12-13H,4-6,10-11,14H2,1-3H3. The topological polar surface area (TPSA) is 62.6 Å². The number of aryl methyl sites for hydroxylation is 1. The molecule has 32 heavy (non-hydrogen) atoms. The zero-order chi connectivity index (χ0) is 23.0. The van der Waals surface area contributed by atoms with E-state index >= 15 is 0 Å². The van der Waals surface area contributed by atoms with Gasteiger partial charge in [0.1, 0.15) is 6.54 Å². The van der Waals surface area contributed by atoms with Crippen molar-refractivity contribution in [1.29, 1.82) is 0 Å². The van der Waals surface area contributed by atoms with E-state index in [-0.39, 0.29) is 12.5 Å². The summed E-state index contributed by atoms with van der Waals surface area (Å²) in [5, 5.41) is 0.294. The summed E-state index contributed by atoms with van der Waals surface area (Å²) < 4.78 is 2.09. The third-order valence-electron chi connectivity index (χ3n) is 6.11. The Balaban J connectivity index is 1.58. The molecule has 0 saturated carbocycles. The minimum atomic E-state index is -0.408. The third-order valence-corrected chi connectivity index (χ3v) is 7.43. The van der Waals surface area contributed by atoms with Gasteiger partial charge in [-0.2, -0.15) is 0 Å². The highest BCUT2D eigenvalue weighted by atomic mass is 35.5. The van der Waals surface area contributed by atoms with Crippen LogP contribution in [-0.4, -0.2) is 51.1 Å². The molecule has 1 aromatic carbocycles. The molecular weight excluding hydrogens is 446 g/mol. The second-order valence-corrected chi connectivity index (χ2v) is 9.66. The van der Waals surface area contributed by atoms with Crippen molar-refractivity contribution in [2.75, 3.05) is 19.6 Å². The van der Waals surface area contributed by atoms with Crippen LogP contribution < -0.4 is 0 Å². The normalized spacial score (nSPS) is 18.2. The van der Waals surface area contributed by atoms with Crippen LogP contribution in [0.2, 0.25) is 5.02 Å². The molecule has 0 unspecified atom stereocenters. The SMILES string of the molecule is Cc1c(Cl)cccc1-n1c(C)cc(C=C2SC(=O)N(CC(=O)N3CCCCC3)C2=O)c1C. The number of halogens is 1. The molecule has 6 nitrogen and oxygen atoms in total. The molecule has 3 heterocycles. The van der Waals surface area contributed by atoms with E-state index < -0.39 is 11.1 Å². The van der Waals surface area contributed by atoms with E-state index in [0.29, 0.717) is 23.0 Å². The highest BCUT2D eigenvalue weighted by molar-refractivity contribution is 8.18. The summed E-state index contributed by atoms with van der Waals surface area (Å²) in [5.41, 5.74) is 4.75. The van der Waals surface area contributed by atoms with E-state index in [1.54, 1.807) is 11.0 Å². The van der Waals surface area contributed by atoms with Crippen LogP contribution in [0.15, 0.2) is 29.2 Å². The summed E-state index contributed by atoms with van der Waals surface area (Å²) in [6.07, 6.45) is 4.79. The minimum absolute atomic E-state index is 0.164. The lowest BCUT2D eigenvalue weighted by Crippen LogP contribution is -2.44. The molecule has 168 valence electrons. The van der Waals surface area contributed by atoms with E-state index in [1.807, 2.05) is 45.0 Å². The molecular formula is C24H26ClN3O3S. The number of likely N-dealkylation sites (tertiary alicyclic amines) is 1. The first kappa shape index (κ1) is 22.7. The number of carbonyl (C=O) groups excluding carboxylic acids is 3. The number of hydrogen-bond donors (Lipinski definition) is 0. The predicted octanol–water partition coefficient (Wildman–Crippen LogP) is 5.10. The second-order valence-electron chi connectivity index (χ2n) is 8.26. The maximum absolute atomic E-state index is 12.9. The van der Waals surface area contributed by atoms with Gasteiger partial charge in [-0.05, 0) is 87.2 Å². The predicted molar refractivity (Wildman–Crippen MR) is 128 cm³/mol. The fourth-order valence-electron chi connectivity index (χ4n) is 4.30. The number of benzene rings is 1. The number of nitrogens with zero attached hydrogens (tertiary/aromatic N) is 3. The van der Waals surface area contributed by atoms with Crippen molar-refractivity contribution in [3.63, 3.8) is 0 Å². The van der Waals surface area contributed by atoms with Gasteiger partial charge in [-0.3, -0.25) is 19.3 Å². The van der Waals surface area contributed by atoms with Crippen molar-refractivity contribution in [2.45, 2.75) is 40.0 Å². The van der Waals surface area contributed by atoms with Crippen LogP contribution in [0.4, 0.5) is 4.79 Å². The number of piperidine rings is 1. The number of amides is 3. The van der Waals surface area contributed by atoms with E-state index in [4.69, 9.17) is 11.6 Å². The first-order valence-corrected chi connectivity index (χ1v) is 11.9. The van der Waals surface area contributed by atoms with Crippen LogP contribution in [0.5, 0.6) is 0 Å². The minimum Gasteiger partial charge on any atom is -0.341 e. The van der Waals surface area contributed by atoms with Gasteiger partial charge in [0.05, 0.1) is 4.91 Å². The Morgan fingerprint density at radius 3 is 2.56 bits per heavy atom. The van der Waals surface area contributed by atoms with Crippen molar-refractivity contribution < 1.29 is 14.4 Å². The lowest BCUT2D eigenvalue weighted by atomic mass is 10.1.